The highest BCUT2D eigenvalue weighted by atomic mass is 16.5. The number of para-hydroxylation sites is 2. The lowest BCUT2D eigenvalue weighted by Crippen LogP contribution is -2.57. The monoisotopic (exact) mass is 557 g/mol. The van der Waals surface area contributed by atoms with Gasteiger partial charge >= 0.3 is 0 Å². The van der Waals surface area contributed by atoms with Gasteiger partial charge in [0.1, 0.15) is 23.0 Å². The van der Waals surface area contributed by atoms with Gasteiger partial charge in [-0.3, -0.25) is 0 Å². The molecule has 0 unspecified atom stereocenters. The second kappa shape index (κ2) is 9.54. The molecule has 6 aromatic carbocycles. The third kappa shape index (κ3) is 4.12. The topological polar surface area (TPSA) is 21.7 Å². The Labute approximate surface area is 253 Å². The lowest BCUT2D eigenvalue weighted by Gasteiger charge is -2.36. The molecule has 4 heteroatoms. The second-order valence-corrected chi connectivity index (χ2v) is 12.7. The Bertz CT molecular complexity index is 1970. The van der Waals surface area contributed by atoms with E-state index in [1.54, 1.807) is 0 Å². The van der Waals surface area contributed by atoms with E-state index in [1.165, 1.54) is 38.5 Å². The Kier molecular flexibility index (Phi) is 5.71. The van der Waals surface area contributed by atoms with E-state index < -0.39 is 0 Å². The fourth-order valence-corrected chi connectivity index (χ4v) is 6.71. The molecule has 0 amide bonds. The number of anilines is 3. The third-order valence-corrected chi connectivity index (χ3v) is 8.76. The van der Waals surface area contributed by atoms with Crippen molar-refractivity contribution in [3.63, 3.8) is 0 Å². The lowest BCUT2D eigenvalue weighted by molar-refractivity contribution is 0.465. The van der Waals surface area contributed by atoms with E-state index in [4.69, 9.17) is 9.47 Å². The maximum Gasteiger partial charge on any atom is 0.260 e. The summed E-state index contributed by atoms with van der Waals surface area (Å²) in [5.41, 5.74) is 9.07. The van der Waals surface area contributed by atoms with Crippen molar-refractivity contribution in [3.05, 3.63) is 132 Å². The Morgan fingerprint density at radius 1 is 0.581 bits per heavy atom. The van der Waals surface area contributed by atoms with Gasteiger partial charge in [0, 0.05) is 28.7 Å². The number of hydrogen-bond donors (Lipinski definition) is 0. The molecule has 0 aromatic heterocycles. The summed E-state index contributed by atoms with van der Waals surface area (Å²) in [6.07, 6.45) is 0. The van der Waals surface area contributed by atoms with Crippen LogP contribution in [0, 0.1) is 6.92 Å². The minimum Gasteiger partial charge on any atom is -0.458 e. The van der Waals surface area contributed by atoms with Gasteiger partial charge in [-0.1, -0.05) is 111 Å². The van der Waals surface area contributed by atoms with Gasteiger partial charge in [0.05, 0.1) is 11.4 Å². The number of aryl methyl sites for hydroxylation is 1. The second-order valence-electron chi connectivity index (χ2n) is 12.7. The fraction of sp³-hybridized carbons (Fsp3) is 0.128. The van der Waals surface area contributed by atoms with Crippen LogP contribution in [0.1, 0.15) is 31.9 Å². The summed E-state index contributed by atoms with van der Waals surface area (Å²) in [4.78, 5) is 2.39. The van der Waals surface area contributed by atoms with Gasteiger partial charge in [0.2, 0.25) is 0 Å². The molecule has 43 heavy (non-hydrogen) atoms. The molecule has 0 saturated heterocycles. The van der Waals surface area contributed by atoms with Crippen molar-refractivity contribution in [2.24, 2.45) is 0 Å². The Balaban J connectivity index is 1.43. The van der Waals surface area contributed by atoms with Crippen LogP contribution in [0.2, 0.25) is 0 Å². The average molecular weight is 558 g/mol. The molecule has 0 spiro atoms. The molecular weight excluding hydrogens is 525 g/mol. The Morgan fingerprint density at radius 3 is 1.79 bits per heavy atom. The zero-order valence-electron chi connectivity index (χ0n) is 24.9. The van der Waals surface area contributed by atoms with Gasteiger partial charge < -0.3 is 14.4 Å². The first-order valence-electron chi connectivity index (χ1n) is 15.0. The minimum absolute atomic E-state index is 0.0458. The molecule has 0 N–H and O–H groups in total. The van der Waals surface area contributed by atoms with E-state index in [0.29, 0.717) is 0 Å². The standard InChI is InChI=1S/C39H32BNO2/c1-25-17-20-27(21-18-25)41(38-29-12-6-5-11-26(29)19-22-30(38)39(2,3)4)28-23-35-37-36(24-28)43-34-16-10-8-14-32(34)40(37)31-13-7-9-15-33(31)42-35/h5-24H,1-4H3. The van der Waals surface area contributed by atoms with Gasteiger partial charge in [-0.05, 0) is 58.5 Å². The van der Waals surface area contributed by atoms with Gasteiger partial charge in [0.25, 0.3) is 6.71 Å². The van der Waals surface area contributed by atoms with Gasteiger partial charge in [-0.25, -0.2) is 0 Å². The van der Waals surface area contributed by atoms with Gasteiger partial charge in [0.15, 0.2) is 0 Å². The van der Waals surface area contributed by atoms with Gasteiger partial charge in [-0.15, -0.1) is 0 Å². The number of nitrogens with zero attached hydrogens (tertiary/aromatic N) is 1. The van der Waals surface area contributed by atoms with Crippen molar-refractivity contribution in [1.29, 1.82) is 0 Å². The fourth-order valence-electron chi connectivity index (χ4n) is 6.71. The van der Waals surface area contributed by atoms with Crippen LogP contribution in [-0.2, 0) is 5.41 Å². The SMILES string of the molecule is Cc1ccc(N(c2cc3c4c(c2)Oc2ccccc2B4c2ccccc2O3)c2c(C(C)(C)C)ccc3ccccc23)cc1. The van der Waals surface area contributed by atoms with E-state index in [-0.39, 0.29) is 12.1 Å². The van der Waals surface area contributed by atoms with Crippen molar-refractivity contribution in [1.82, 2.24) is 0 Å². The summed E-state index contributed by atoms with van der Waals surface area (Å²) in [5.74, 6) is 3.45. The van der Waals surface area contributed by atoms with Crippen LogP contribution in [0.3, 0.4) is 0 Å². The predicted octanol–water partition coefficient (Wildman–Crippen LogP) is 8.64. The van der Waals surface area contributed by atoms with Crippen molar-refractivity contribution in [2.45, 2.75) is 33.1 Å². The third-order valence-electron chi connectivity index (χ3n) is 8.76. The highest BCUT2D eigenvalue weighted by molar-refractivity contribution is 6.98. The Morgan fingerprint density at radius 2 is 1.16 bits per heavy atom. The van der Waals surface area contributed by atoms with Crippen molar-refractivity contribution >= 4 is 50.9 Å². The first-order chi connectivity index (χ1) is 20.9. The van der Waals surface area contributed by atoms with Crippen LogP contribution in [-0.4, -0.2) is 6.71 Å². The first kappa shape index (κ1) is 25.7. The summed E-state index contributed by atoms with van der Waals surface area (Å²) < 4.78 is 13.4. The van der Waals surface area contributed by atoms with E-state index in [9.17, 15) is 0 Å². The summed E-state index contributed by atoms with van der Waals surface area (Å²) in [7, 11) is 0. The molecule has 0 atom stereocenters. The number of ether oxygens (including phenoxy) is 2. The van der Waals surface area contributed by atoms with Crippen LogP contribution in [0.4, 0.5) is 17.1 Å². The van der Waals surface area contributed by atoms with Gasteiger partial charge in [-0.2, -0.15) is 0 Å². The van der Waals surface area contributed by atoms with Crippen LogP contribution in [0.25, 0.3) is 10.8 Å². The summed E-state index contributed by atoms with van der Waals surface area (Å²) >= 11 is 0. The summed E-state index contributed by atoms with van der Waals surface area (Å²) in [6.45, 7) is 9.04. The number of fused-ring (bicyclic) bond motifs is 5. The molecule has 2 heterocycles. The number of benzene rings is 6. The molecule has 0 radical (unpaired) electrons. The van der Waals surface area contributed by atoms with Crippen LogP contribution in [0.5, 0.6) is 23.0 Å². The summed E-state index contributed by atoms with van der Waals surface area (Å²) in [5, 5.41) is 2.41. The van der Waals surface area contributed by atoms with Crippen molar-refractivity contribution in [2.75, 3.05) is 4.90 Å². The molecule has 0 bridgehead atoms. The van der Waals surface area contributed by atoms with E-state index in [1.807, 2.05) is 12.1 Å². The highest BCUT2D eigenvalue weighted by Crippen LogP contribution is 2.47. The zero-order valence-corrected chi connectivity index (χ0v) is 24.9. The molecule has 208 valence electrons. The quantitative estimate of drug-likeness (QED) is 0.203. The van der Waals surface area contributed by atoms with Crippen LogP contribution < -0.4 is 30.8 Å². The molecule has 8 rings (SSSR count). The van der Waals surface area contributed by atoms with Crippen LogP contribution in [0.15, 0.2) is 121 Å². The van der Waals surface area contributed by atoms with Crippen molar-refractivity contribution < 1.29 is 9.47 Å². The van der Waals surface area contributed by atoms with E-state index in [0.717, 1.165) is 39.8 Å². The molecule has 0 aliphatic carbocycles. The zero-order chi connectivity index (χ0) is 29.3. The smallest absolute Gasteiger partial charge is 0.260 e. The normalized spacial score (nSPS) is 13.0. The molecular formula is C39H32BNO2. The molecule has 0 fully saturated rings. The van der Waals surface area contributed by atoms with Crippen molar-refractivity contribution in [3.8, 4) is 23.0 Å². The highest BCUT2D eigenvalue weighted by Gasteiger charge is 2.40. The molecule has 2 aliphatic rings. The van der Waals surface area contributed by atoms with E-state index >= 15 is 0 Å². The Hall–Kier alpha value is -4.96. The van der Waals surface area contributed by atoms with Crippen LogP contribution >= 0.6 is 0 Å². The molecule has 0 saturated carbocycles. The minimum atomic E-state index is -0.0965. The predicted molar refractivity (Wildman–Crippen MR) is 180 cm³/mol. The average Bonchev–Trinajstić information content (AvgIpc) is 3.01. The summed E-state index contributed by atoms with van der Waals surface area (Å²) in [6, 6.07) is 43.2. The first-order valence-corrected chi connectivity index (χ1v) is 15.0. The largest absolute Gasteiger partial charge is 0.458 e. The molecule has 3 nitrogen and oxygen atoms in total. The number of hydrogen-bond acceptors (Lipinski definition) is 3. The maximum absolute atomic E-state index is 6.70. The number of rotatable bonds is 3. The molecule has 6 aromatic rings. The molecule has 2 aliphatic heterocycles. The maximum atomic E-state index is 6.70. The van der Waals surface area contributed by atoms with E-state index in [2.05, 4.69) is 142 Å². The lowest BCUT2D eigenvalue weighted by atomic mass is 9.35.